The first-order chi connectivity index (χ1) is 14.0. The molecule has 152 valence electrons. The van der Waals surface area contributed by atoms with Gasteiger partial charge in [-0.25, -0.2) is 4.99 Å². The molecule has 0 saturated carbocycles. The van der Waals surface area contributed by atoms with E-state index in [4.69, 9.17) is 14.5 Å². The zero-order chi connectivity index (χ0) is 20.5. The van der Waals surface area contributed by atoms with Crippen LogP contribution in [0.5, 0.6) is 17.2 Å². The monoisotopic (exact) mass is 393 g/mol. The number of amides is 1. The maximum Gasteiger partial charge on any atom is 0.225 e. The van der Waals surface area contributed by atoms with E-state index < -0.39 is 0 Å². The van der Waals surface area contributed by atoms with Gasteiger partial charge in [0, 0.05) is 31.6 Å². The van der Waals surface area contributed by atoms with Crippen LogP contribution < -0.4 is 9.47 Å². The van der Waals surface area contributed by atoms with Crippen LogP contribution in [0.1, 0.15) is 26.3 Å². The minimum absolute atomic E-state index is 0.00415. The van der Waals surface area contributed by atoms with E-state index in [0.717, 1.165) is 47.4 Å². The SMILES string of the molecule is COc1ccc2c(c1)C(N1CCN(C(=O)C(C)C)[C@@H](C)C1)=Nc1ccccc1O2. The summed E-state index contributed by atoms with van der Waals surface area (Å²) >= 11 is 0. The minimum Gasteiger partial charge on any atom is -0.497 e. The summed E-state index contributed by atoms with van der Waals surface area (Å²) in [7, 11) is 1.66. The highest BCUT2D eigenvalue weighted by Crippen LogP contribution is 2.39. The first-order valence-corrected chi connectivity index (χ1v) is 10.1. The molecule has 1 fully saturated rings. The van der Waals surface area contributed by atoms with Gasteiger partial charge in [-0.2, -0.15) is 0 Å². The molecule has 0 aliphatic carbocycles. The van der Waals surface area contributed by atoms with Crippen molar-refractivity contribution in [3.05, 3.63) is 48.0 Å². The van der Waals surface area contributed by atoms with Crippen molar-refractivity contribution in [2.75, 3.05) is 26.7 Å². The van der Waals surface area contributed by atoms with Crippen molar-refractivity contribution in [2.24, 2.45) is 10.9 Å². The number of carbonyl (C=O) groups is 1. The minimum atomic E-state index is 0.00415. The second kappa shape index (κ2) is 7.78. The number of ether oxygens (including phenoxy) is 2. The molecule has 0 bridgehead atoms. The molecule has 6 nitrogen and oxygen atoms in total. The molecule has 0 aromatic heterocycles. The van der Waals surface area contributed by atoms with Crippen LogP contribution in [0.15, 0.2) is 47.5 Å². The Labute approximate surface area is 171 Å². The Kier molecular flexibility index (Phi) is 5.18. The number of piperazine rings is 1. The summed E-state index contributed by atoms with van der Waals surface area (Å²) in [5.74, 6) is 3.30. The van der Waals surface area contributed by atoms with Crippen LogP contribution in [0.3, 0.4) is 0 Å². The molecule has 2 aromatic rings. The summed E-state index contributed by atoms with van der Waals surface area (Å²) in [6, 6.07) is 13.7. The third-order valence-corrected chi connectivity index (χ3v) is 5.44. The van der Waals surface area contributed by atoms with E-state index in [-0.39, 0.29) is 17.9 Å². The van der Waals surface area contributed by atoms with Gasteiger partial charge in [-0.05, 0) is 37.3 Å². The Morgan fingerprint density at radius 3 is 2.69 bits per heavy atom. The Hall–Kier alpha value is -3.02. The summed E-state index contributed by atoms with van der Waals surface area (Å²) in [5, 5.41) is 0. The second-order valence-electron chi connectivity index (χ2n) is 7.85. The predicted octanol–water partition coefficient (Wildman–Crippen LogP) is 4.07. The lowest BCUT2D eigenvalue weighted by Gasteiger charge is -2.42. The van der Waals surface area contributed by atoms with Crippen LogP contribution in [-0.2, 0) is 4.79 Å². The molecule has 4 rings (SSSR count). The molecule has 0 unspecified atom stereocenters. The number of amidine groups is 1. The van der Waals surface area contributed by atoms with Gasteiger partial charge >= 0.3 is 0 Å². The van der Waals surface area contributed by atoms with Crippen molar-refractivity contribution in [3.63, 3.8) is 0 Å². The molecule has 0 spiro atoms. The standard InChI is InChI=1S/C23H27N3O3/c1-15(2)23(27)26-12-11-25(14-16(26)3)22-18-13-17(28-4)9-10-20(18)29-21-8-6-5-7-19(21)24-22/h5-10,13,15-16H,11-12,14H2,1-4H3/t16-/m0/s1. The number of rotatable bonds is 2. The van der Waals surface area contributed by atoms with Crippen LogP contribution in [0.25, 0.3) is 0 Å². The van der Waals surface area contributed by atoms with Gasteiger partial charge in [0.1, 0.15) is 23.0 Å². The fourth-order valence-electron chi connectivity index (χ4n) is 3.88. The zero-order valence-electron chi connectivity index (χ0n) is 17.4. The van der Waals surface area contributed by atoms with Gasteiger partial charge in [0.2, 0.25) is 5.91 Å². The molecular formula is C23H27N3O3. The number of nitrogens with zero attached hydrogens (tertiary/aromatic N) is 3. The average Bonchev–Trinajstić information content (AvgIpc) is 2.89. The summed E-state index contributed by atoms with van der Waals surface area (Å²) in [6.07, 6.45) is 0. The summed E-state index contributed by atoms with van der Waals surface area (Å²) < 4.78 is 11.6. The van der Waals surface area contributed by atoms with Crippen LogP contribution in [-0.4, -0.2) is 54.3 Å². The highest BCUT2D eigenvalue weighted by atomic mass is 16.5. The largest absolute Gasteiger partial charge is 0.497 e. The number of carbonyl (C=O) groups excluding carboxylic acids is 1. The Morgan fingerprint density at radius 1 is 1.17 bits per heavy atom. The molecule has 0 radical (unpaired) electrons. The number of aliphatic imine (C=N–C) groups is 1. The number of methoxy groups -OCH3 is 1. The van der Waals surface area contributed by atoms with Gasteiger partial charge in [-0.15, -0.1) is 0 Å². The second-order valence-corrected chi connectivity index (χ2v) is 7.85. The molecule has 1 saturated heterocycles. The lowest BCUT2D eigenvalue weighted by Crippen LogP contribution is -2.56. The van der Waals surface area contributed by atoms with Gasteiger partial charge in [0.25, 0.3) is 0 Å². The number of hydrogen-bond acceptors (Lipinski definition) is 5. The number of para-hydroxylation sites is 2. The maximum absolute atomic E-state index is 12.5. The van der Waals surface area contributed by atoms with Crippen LogP contribution in [0.4, 0.5) is 5.69 Å². The first kappa shape index (κ1) is 19.3. The first-order valence-electron chi connectivity index (χ1n) is 10.1. The summed E-state index contributed by atoms with van der Waals surface area (Å²) in [6.45, 7) is 8.12. The van der Waals surface area contributed by atoms with E-state index in [1.165, 1.54) is 0 Å². The van der Waals surface area contributed by atoms with Crippen molar-refractivity contribution in [2.45, 2.75) is 26.8 Å². The number of hydrogen-bond donors (Lipinski definition) is 0. The van der Waals surface area contributed by atoms with E-state index in [0.29, 0.717) is 6.54 Å². The van der Waals surface area contributed by atoms with Crippen molar-refractivity contribution in [1.29, 1.82) is 0 Å². The summed E-state index contributed by atoms with van der Waals surface area (Å²) in [5.41, 5.74) is 1.70. The van der Waals surface area contributed by atoms with Gasteiger partial charge in [0.05, 0.1) is 12.7 Å². The molecule has 2 heterocycles. The highest BCUT2D eigenvalue weighted by molar-refractivity contribution is 6.04. The lowest BCUT2D eigenvalue weighted by atomic mass is 10.1. The fourth-order valence-corrected chi connectivity index (χ4v) is 3.88. The van der Waals surface area contributed by atoms with E-state index in [1.54, 1.807) is 7.11 Å². The van der Waals surface area contributed by atoms with E-state index >= 15 is 0 Å². The van der Waals surface area contributed by atoms with E-state index in [9.17, 15) is 4.79 Å². The Balaban J connectivity index is 1.72. The van der Waals surface area contributed by atoms with Crippen molar-refractivity contribution in [1.82, 2.24) is 9.80 Å². The highest BCUT2D eigenvalue weighted by Gasteiger charge is 2.32. The molecule has 2 aliphatic heterocycles. The molecule has 1 amide bonds. The van der Waals surface area contributed by atoms with E-state index in [1.807, 2.05) is 61.2 Å². The lowest BCUT2D eigenvalue weighted by molar-refractivity contribution is -0.138. The molecular weight excluding hydrogens is 366 g/mol. The van der Waals surface area contributed by atoms with Gasteiger partial charge in [-0.3, -0.25) is 4.79 Å². The molecule has 2 aromatic carbocycles. The maximum atomic E-state index is 12.5. The quantitative estimate of drug-likeness (QED) is 0.772. The molecule has 0 N–H and O–H groups in total. The number of fused-ring (bicyclic) bond motifs is 2. The predicted molar refractivity (Wildman–Crippen MR) is 113 cm³/mol. The van der Waals surface area contributed by atoms with Gasteiger partial charge < -0.3 is 19.3 Å². The topological polar surface area (TPSA) is 54.4 Å². The molecule has 6 heteroatoms. The van der Waals surface area contributed by atoms with Gasteiger partial charge in [-0.1, -0.05) is 26.0 Å². The Morgan fingerprint density at radius 2 is 1.97 bits per heavy atom. The Bertz CT molecular complexity index is 954. The third kappa shape index (κ3) is 3.67. The number of benzene rings is 2. The van der Waals surface area contributed by atoms with Crippen LogP contribution in [0, 0.1) is 5.92 Å². The zero-order valence-corrected chi connectivity index (χ0v) is 17.4. The third-order valence-electron chi connectivity index (χ3n) is 5.44. The van der Waals surface area contributed by atoms with Crippen LogP contribution in [0.2, 0.25) is 0 Å². The summed E-state index contributed by atoms with van der Waals surface area (Å²) in [4.78, 5) is 21.7. The van der Waals surface area contributed by atoms with Crippen molar-refractivity contribution in [3.8, 4) is 17.2 Å². The smallest absolute Gasteiger partial charge is 0.225 e. The van der Waals surface area contributed by atoms with Crippen molar-refractivity contribution >= 4 is 17.4 Å². The molecule has 1 atom stereocenters. The van der Waals surface area contributed by atoms with Crippen LogP contribution >= 0.6 is 0 Å². The molecule has 2 aliphatic rings. The van der Waals surface area contributed by atoms with Gasteiger partial charge in [0.15, 0.2) is 5.75 Å². The normalized spacial score (nSPS) is 18.4. The fraction of sp³-hybridized carbons (Fsp3) is 0.391. The van der Waals surface area contributed by atoms with Crippen molar-refractivity contribution < 1.29 is 14.3 Å². The van der Waals surface area contributed by atoms with E-state index in [2.05, 4.69) is 11.8 Å². The molecule has 29 heavy (non-hydrogen) atoms. The average molecular weight is 393 g/mol.